The van der Waals surface area contributed by atoms with E-state index in [9.17, 15) is 13.6 Å². The zero-order valence-electron chi connectivity index (χ0n) is 19.1. The highest BCUT2D eigenvalue weighted by Crippen LogP contribution is 2.37. The van der Waals surface area contributed by atoms with Gasteiger partial charge in [-0.2, -0.15) is 5.10 Å². The number of nitrogens with zero attached hydrogens (tertiary/aromatic N) is 4. The van der Waals surface area contributed by atoms with Crippen LogP contribution in [0.4, 0.5) is 8.78 Å². The molecule has 2 fully saturated rings. The van der Waals surface area contributed by atoms with E-state index in [0.29, 0.717) is 5.69 Å². The van der Waals surface area contributed by atoms with Gasteiger partial charge in [0, 0.05) is 61.6 Å². The number of Topliss-reactive ketones (excluding diaryl/α,β-unsaturated/α-hetero) is 1. The summed E-state index contributed by atoms with van der Waals surface area (Å²) in [5, 5.41) is 6.55. The second kappa shape index (κ2) is 8.93. The molecule has 5 rings (SSSR count). The van der Waals surface area contributed by atoms with Crippen molar-refractivity contribution >= 4 is 16.6 Å². The second-order valence-electron chi connectivity index (χ2n) is 9.62. The summed E-state index contributed by atoms with van der Waals surface area (Å²) >= 11 is 0. The van der Waals surface area contributed by atoms with Gasteiger partial charge >= 0.3 is 0 Å². The first-order valence-electron chi connectivity index (χ1n) is 11.9. The minimum absolute atomic E-state index is 0.0219. The molecule has 1 aliphatic carbocycles. The number of hydrogen-bond donors (Lipinski definition) is 0. The van der Waals surface area contributed by atoms with Crippen LogP contribution in [0.15, 0.2) is 36.7 Å². The van der Waals surface area contributed by atoms with E-state index in [-0.39, 0.29) is 43.8 Å². The third-order valence-electron chi connectivity index (χ3n) is 7.25. The summed E-state index contributed by atoms with van der Waals surface area (Å²) < 4.78 is 28.8. The monoisotopic (exact) mass is 452 g/mol. The lowest BCUT2D eigenvalue weighted by atomic mass is 9.83. The van der Waals surface area contributed by atoms with Crippen molar-refractivity contribution in [3.63, 3.8) is 0 Å². The highest BCUT2D eigenvalue weighted by molar-refractivity contribution is 5.89. The van der Waals surface area contributed by atoms with Gasteiger partial charge in [-0.25, -0.2) is 8.78 Å². The first kappa shape index (κ1) is 22.1. The lowest BCUT2D eigenvalue weighted by Gasteiger charge is -2.27. The topological polar surface area (TPSA) is 51.0 Å². The Morgan fingerprint density at radius 2 is 1.85 bits per heavy atom. The molecule has 1 aromatic carbocycles. The van der Waals surface area contributed by atoms with Crippen LogP contribution in [0.3, 0.4) is 0 Å². The molecule has 0 unspecified atom stereocenters. The highest BCUT2D eigenvalue weighted by atomic mass is 19.3. The number of alkyl halides is 2. The van der Waals surface area contributed by atoms with Gasteiger partial charge in [0.25, 0.3) is 0 Å². The number of aryl methyl sites for hydroxylation is 1. The summed E-state index contributed by atoms with van der Waals surface area (Å²) in [5.74, 6) is -2.88. The molecule has 33 heavy (non-hydrogen) atoms. The van der Waals surface area contributed by atoms with Crippen LogP contribution in [0.1, 0.15) is 49.9 Å². The van der Waals surface area contributed by atoms with Crippen LogP contribution in [0, 0.1) is 5.92 Å². The van der Waals surface area contributed by atoms with Crippen molar-refractivity contribution < 1.29 is 13.6 Å². The fraction of sp³-hybridized carbons (Fsp3) is 0.500. The maximum absolute atomic E-state index is 13.4. The van der Waals surface area contributed by atoms with Gasteiger partial charge in [0.1, 0.15) is 5.78 Å². The number of fused-ring (bicyclic) bond motifs is 1. The predicted octanol–water partition coefficient (Wildman–Crippen LogP) is 5.17. The molecule has 0 radical (unpaired) electrons. The third kappa shape index (κ3) is 4.83. The summed E-state index contributed by atoms with van der Waals surface area (Å²) in [4.78, 5) is 19.7. The number of carbonyl (C=O) groups excluding carboxylic acids is 1. The van der Waals surface area contributed by atoms with E-state index in [1.54, 1.807) is 6.20 Å². The fourth-order valence-corrected chi connectivity index (χ4v) is 5.18. The zero-order valence-corrected chi connectivity index (χ0v) is 19.1. The molecule has 0 atom stereocenters. The smallest absolute Gasteiger partial charge is 0.248 e. The van der Waals surface area contributed by atoms with Gasteiger partial charge in [-0.15, -0.1) is 0 Å². The van der Waals surface area contributed by atoms with Gasteiger partial charge in [-0.1, -0.05) is 12.1 Å². The Morgan fingerprint density at radius 3 is 2.61 bits per heavy atom. The molecule has 3 aromatic rings. The fourth-order valence-electron chi connectivity index (χ4n) is 5.18. The van der Waals surface area contributed by atoms with E-state index in [1.165, 1.54) is 18.5 Å². The van der Waals surface area contributed by atoms with E-state index in [1.807, 2.05) is 24.0 Å². The number of hydrogen-bond acceptors (Lipinski definition) is 4. The van der Waals surface area contributed by atoms with E-state index in [0.717, 1.165) is 41.5 Å². The van der Waals surface area contributed by atoms with Crippen LogP contribution in [0.25, 0.3) is 21.9 Å². The van der Waals surface area contributed by atoms with Gasteiger partial charge in [0.2, 0.25) is 5.92 Å². The number of rotatable bonds is 6. The maximum atomic E-state index is 13.4. The summed E-state index contributed by atoms with van der Waals surface area (Å²) in [6, 6.07) is 8.25. The van der Waals surface area contributed by atoms with E-state index in [4.69, 9.17) is 0 Å². The standard InChI is InChI=1S/C26H30F2N4O/c1-31-24(17-32-10-2-3-11-32)23(16-30-31)19-4-5-20-15-29-22(13-21(20)12-19)14-25(33)18-6-8-26(27,28)9-7-18/h4-5,12-13,15-16,18H,2-3,6-11,14,17H2,1H3. The van der Waals surface area contributed by atoms with Gasteiger partial charge in [-0.05, 0) is 61.9 Å². The van der Waals surface area contributed by atoms with E-state index >= 15 is 0 Å². The normalized spacial score (nSPS) is 19.4. The Morgan fingerprint density at radius 1 is 1.09 bits per heavy atom. The first-order chi connectivity index (χ1) is 15.9. The molecule has 0 N–H and O–H groups in total. The van der Waals surface area contributed by atoms with Crippen molar-refractivity contribution in [2.75, 3.05) is 13.1 Å². The minimum Gasteiger partial charge on any atom is -0.299 e. The van der Waals surface area contributed by atoms with Gasteiger partial charge in [0.15, 0.2) is 0 Å². The molecule has 0 amide bonds. The van der Waals surface area contributed by atoms with Crippen molar-refractivity contribution in [2.45, 2.75) is 57.4 Å². The average molecular weight is 453 g/mol. The summed E-state index contributed by atoms with van der Waals surface area (Å²) in [6.07, 6.45) is 6.58. The van der Waals surface area contributed by atoms with Crippen molar-refractivity contribution in [1.82, 2.24) is 19.7 Å². The van der Waals surface area contributed by atoms with Gasteiger partial charge in [0.05, 0.1) is 11.9 Å². The van der Waals surface area contributed by atoms with Crippen molar-refractivity contribution in [3.05, 3.63) is 48.0 Å². The second-order valence-corrected chi connectivity index (χ2v) is 9.62. The van der Waals surface area contributed by atoms with Crippen LogP contribution in [-0.4, -0.2) is 44.5 Å². The van der Waals surface area contributed by atoms with Crippen LogP contribution >= 0.6 is 0 Å². The van der Waals surface area contributed by atoms with E-state index in [2.05, 4.69) is 33.2 Å². The summed E-state index contributed by atoms with van der Waals surface area (Å²) in [7, 11) is 1.99. The molecule has 1 aliphatic heterocycles. The number of aromatic nitrogens is 3. The van der Waals surface area contributed by atoms with E-state index < -0.39 is 5.92 Å². The summed E-state index contributed by atoms with van der Waals surface area (Å²) in [5.41, 5.74) is 4.13. The SMILES string of the molecule is Cn1ncc(-c2ccc3cnc(CC(=O)C4CCC(F)(F)CC4)cc3c2)c1CN1CCCC1. The number of carbonyl (C=O) groups is 1. The predicted molar refractivity (Wildman–Crippen MR) is 124 cm³/mol. The minimum atomic E-state index is -2.62. The van der Waals surface area contributed by atoms with Crippen LogP contribution in [0.2, 0.25) is 0 Å². The third-order valence-corrected chi connectivity index (χ3v) is 7.25. The highest BCUT2D eigenvalue weighted by Gasteiger charge is 2.37. The number of likely N-dealkylation sites (tertiary alicyclic amines) is 1. The molecule has 7 heteroatoms. The molecular formula is C26H30F2N4O. The quantitative estimate of drug-likeness (QED) is 0.518. The summed E-state index contributed by atoms with van der Waals surface area (Å²) in [6.45, 7) is 3.15. The number of ketones is 1. The molecule has 2 aromatic heterocycles. The Kier molecular flexibility index (Phi) is 5.99. The molecular weight excluding hydrogens is 422 g/mol. The zero-order chi connectivity index (χ0) is 23.0. The molecule has 0 bridgehead atoms. The molecule has 0 spiro atoms. The number of benzene rings is 1. The Hall–Kier alpha value is -2.67. The Bertz CT molecular complexity index is 1160. The Labute approximate surface area is 192 Å². The molecule has 3 heterocycles. The van der Waals surface area contributed by atoms with Crippen LogP contribution < -0.4 is 0 Å². The van der Waals surface area contributed by atoms with Crippen molar-refractivity contribution in [2.24, 2.45) is 13.0 Å². The lowest BCUT2D eigenvalue weighted by Crippen LogP contribution is -2.29. The number of pyridine rings is 1. The molecule has 2 aliphatic rings. The maximum Gasteiger partial charge on any atom is 0.248 e. The van der Waals surface area contributed by atoms with Crippen LogP contribution in [0.5, 0.6) is 0 Å². The largest absolute Gasteiger partial charge is 0.299 e. The van der Waals surface area contributed by atoms with Crippen molar-refractivity contribution in [1.29, 1.82) is 0 Å². The Balaban J connectivity index is 1.36. The molecule has 1 saturated carbocycles. The average Bonchev–Trinajstić information content (AvgIpc) is 3.43. The molecule has 174 valence electrons. The van der Waals surface area contributed by atoms with Gasteiger partial charge in [-0.3, -0.25) is 19.4 Å². The number of halogens is 2. The van der Waals surface area contributed by atoms with Crippen molar-refractivity contribution in [3.8, 4) is 11.1 Å². The first-order valence-corrected chi connectivity index (χ1v) is 11.9. The van der Waals surface area contributed by atoms with Crippen LogP contribution in [-0.2, 0) is 24.8 Å². The van der Waals surface area contributed by atoms with Gasteiger partial charge < -0.3 is 0 Å². The molecule has 5 nitrogen and oxygen atoms in total. The molecule has 1 saturated heterocycles. The lowest BCUT2D eigenvalue weighted by molar-refractivity contribution is -0.126.